The average Bonchev–Trinajstić information content (AvgIpc) is 3.35. The Hall–Kier alpha value is -1.24. The molecule has 1 aliphatic heterocycles. The third kappa shape index (κ3) is 22.2. The Kier molecular flexibility index (Phi) is 35.2. The molecule has 0 aromatic heterocycles. The van der Waals surface area contributed by atoms with Crippen molar-refractivity contribution in [3.05, 3.63) is 0 Å². The number of aliphatic hydroxyl groups is 24. The van der Waals surface area contributed by atoms with Gasteiger partial charge in [0.2, 0.25) is 0 Å². The molecule has 0 spiro atoms. The molecule has 1 saturated heterocycles. The van der Waals surface area contributed by atoms with Gasteiger partial charge >= 0.3 is 0 Å². The lowest BCUT2D eigenvalue weighted by atomic mass is 9.96. The highest BCUT2D eigenvalue weighted by Gasteiger charge is 2.49. The van der Waals surface area contributed by atoms with E-state index in [4.69, 9.17) is 34.2 Å². The standard InChI is InChI=1S/C42H85NO30/c43-11-4-2-1-3-5-18(50)25(56)33(20(52)7-13-45)69-38(64)31(62)35(22(54)9-15-47)71-41(67)37(26(57)19(51)6-12-44)72-40(66)30(61)34(21(53)8-14-46)70-39(65)32(63)36(23(55)10-16-48)73-42-29(60)28(59)27(58)24(17-49)68-42/h18-42,44-67H,1-17,43H2/t18-,19-,20-,21-,22-,23-,24?,25?,26?,27-,28?,29?,30?,31?,32?,33?,34?,35?,36?,37?,38-,39-,40-,41-,42-/m1/s1. The summed E-state index contributed by atoms with van der Waals surface area (Å²) in [6.07, 6.45) is -57.8. The molecule has 438 valence electrons. The lowest BCUT2D eigenvalue weighted by Gasteiger charge is -2.42. The minimum Gasteiger partial charge on any atom is -0.396 e. The van der Waals surface area contributed by atoms with E-state index in [0.29, 0.717) is 32.2 Å². The predicted octanol–water partition coefficient (Wildman–Crippen LogP) is -12.2. The molecule has 0 radical (unpaired) electrons. The van der Waals surface area contributed by atoms with Gasteiger partial charge in [0.25, 0.3) is 0 Å². The summed E-state index contributed by atoms with van der Waals surface area (Å²) in [5, 5.41) is 253. The van der Waals surface area contributed by atoms with E-state index in [1.54, 1.807) is 0 Å². The second-order valence-electron chi connectivity index (χ2n) is 17.7. The van der Waals surface area contributed by atoms with E-state index in [1.807, 2.05) is 0 Å². The van der Waals surface area contributed by atoms with Gasteiger partial charge in [-0.1, -0.05) is 19.3 Å². The largest absolute Gasteiger partial charge is 0.396 e. The maximum absolute atomic E-state index is 11.4. The van der Waals surface area contributed by atoms with Crippen molar-refractivity contribution < 1.29 is 151 Å². The highest BCUT2D eigenvalue weighted by atomic mass is 16.7. The maximum Gasteiger partial charge on any atom is 0.187 e. The molecule has 31 nitrogen and oxygen atoms in total. The topological polar surface area (TPSA) is 567 Å². The molecule has 0 saturated carbocycles. The molecule has 1 heterocycles. The van der Waals surface area contributed by atoms with Crippen LogP contribution in [-0.4, -0.2) is 322 Å². The van der Waals surface area contributed by atoms with E-state index in [0.717, 1.165) is 0 Å². The summed E-state index contributed by atoms with van der Waals surface area (Å²) in [6, 6.07) is 0. The number of unbranched alkanes of at least 4 members (excludes halogenated alkanes) is 3. The molecule has 73 heavy (non-hydrogen) atoms. The van der Waals surface area contributed by atoms with E-state index in [1.165, 1.54) is 0 Å². The monoisotopic (exact) mass is 1080 g/mol. The van der Waals surface area contributed by atoms with Crippen LogP contribution in [0.3, 0.4) is 0 Å². The summed E-state index contributed by atoms with van der Waals surface area (Å²) in [6.45, 7) is -4.63. The van der Waals surface area contributed by atoms with Crippen LogP contribution in [0.15, 0.2) is 0 Å². The second kappa shape index (κ2) is 36.8. The summed E-state index contributed by atoms with van der Waals surface area (Å²) in [5.74, 6) is 0. The SMILES string of the molecule is NCCCCCC[C@@H](O)C(O)C(O[C@@H](O)C(O)C(O[C@@H](O)C(O[C@@H](O)C(O)C(O[C@@H](O)C(O)C(O[C@H]1OC(CO)[C@@H](O)C(O)C1O)[C@H](O)CCO)[C@H](O)CCO)C(O)[C@H](O)CCO)[C@H](O)CCO)[C@H](O)CCO. The number of aliphatic hydroxyl groups excluding tert-OH is 24. The summed E-state index contributed by atoms with van der Waals surface area (Å²) < 4.78 is 31.8. The van der Waals surface area contributed by atoms with Crippen LogP contribution in [0.1, 0.15) is 64.2 Å². The van der Waals surface area contributed by atoms with Crippen LogP contribution in [-0.2, 0) is 28.4 Å². The lowest BCUT2D eigenvalue weighted by molar-refractivity contribution is -0.340. The van der Waals surface area contributed by atoms with Gasteiger partial charge in [-0.15, -0.1) is 0 Å². The van der Waals surface area contributed by atoms with Gasteiger partial charge in [0.1, 0.15) is 85.5 Å². The van der Waals surface area contributed by atoms with Crippen molar-refractivity contribution in [2.45, 2.75) is 218 Å². The van der Waals surface area contributed by atoms with Gasteiger partial charge in [-0.25, -0.2) is 0 Å². The van der Waals surface area contributed by atoms with Crippen molar-refractivity contribution in [2.75, 3.05) is 46.2 Å². The van der Waals surface area contributed by atoms with E-state index in [2.05, 4.69) is 0 Å². The molecule has 0 aromatic rings. The lowest BCUT2D eigenvalue weighted by Crippen LogP contribution is -2.61. The van der Waals surface area contributed by atoms with Gasteiger partial charge in [-0.05, 0) is 51.5 Å². The minimum atomic E-state index is -2.91. The molecule has 1 rings (SSSR count). The van der Waals surface area contributed by atoms with Crippen LogP contribution in [0, 0.1) is 0 Å². The molecule has 0 amide bonds. The van der Waals surface area contributed by atoms with Gasteiger partial charge in [-0.2, -0.15) is 0 Å². The van der Waals surface area contributed by atoms with Gasteiger partial charge < -0.3 is 157 Å². The smallest absolute Gasteiger partial charge is 0.187 e. The quantitative estimate of drug-likeness (QED) is 0.0199. The Balaban J connectivity index is 3.58. The first-order valence-electron chi connectivity index (χ1n) is 24.0. The molecule has 13 unspecified atom stereocenters. The van der Waals surface area contributed by atoms with E-state index >= 15 is 0 Å². The zero-order valence-corrected chi connectivity index (χ0v) is 40.2. The third-order valence-corrected chi connectivity index (χ3v) is 12.1. The summed E-state index contributed by atoms with van der Waals surface area (Å²) >= 11 is 0. The molecular formula is C42H85NO30. The predicted molar refractivity (Wildman–Crippen MR) is 239 cm³/mol. The molecule has 1 fully saturated rings. The van der Waals surface area contributed by atoms with Crippen LogP contribution in [0.4, 0.5) is 0 Å². The first kappa shape index (κ1) is 69.8. The van der Waals surface area contributed by atoms with E-state index < -0.39 is 225 Å². The van der Waals surface area contributed by atoms with E-state index in [-0.39, 0.29) is 6.42 Å². The van der Waals surface area contributed by atoms with Crippen molar-refractivity contribution in [1.82, 2.24) is 0 Å². The Morgan fingerprint density at radius 1 is 0.356 bits per heavy atom. The Labute approximate surface area is 420 Å². The first-order chi connectivity index (χ1) is 34.4. The fraction of sp³-hybridized carbons (Fsp3) is 1.00. The van der Waals surface area contributed by atoms with E-state index in [9.17, 15) is 123 Å². The Bertz CT molecular complexity index is 1370. The third-order valence-electron chi connectivity index (χ3n) is 12.1. The molecule has 1 aliphatic rings. The van der Waals surface area contributed by atoms with Crippen molar-refractivity contribution in [1.29, 1.82) is 0 Å². The highest BCUT2D eigenvalue weighted by molar-refractivity contribution is 4.92. The summed E-state index contributed by atoms with van der Waals surface area (Å²) in [5.41, 5.74) is 5.49. The Morgan fingerprint density at radius 3 is 1.12 bits per heavy atom. The molecule has 0 aromatic carbocycles. The number of rotatable bonds is 42. The number of hydrogen-bond donors (Lipinski definition) is 25. The number of hydrogen-bond acceptors (Lipinski definition) is 31. The van der Waals surface area contributed by atoms with Crippen molar-refractivity contribution >= 4 is 0 Å². The van der Waals surface area contributed by atoms with Gasteiger partial charge in [-0.3, -0.25) is 0 Å². The maximum atomic E-state index is 11.4. The highest BCUT2D eigenvalue weighted by Crippen LogP contribution is 2.29. The van der Waals surface area contributed by atoms with Crippen LogP contribution in [0.25, 0.3) is 0 Å². The molecule has 26 N–H and O–H groups in total. The molecule has 0 aliphatic carbocycles. The molecule has 25 atom stereocenters. The van der Waals surface area contributed by atoms with Crippen LogP contribution in [0.5, 0.6) is 0 Å². The van der Waals surface area contributed by atoms with Crippen LogP contribution >= 0.6 is 0 Å². The molecular weight excluding hydrogens is 998 g/mol. The average molecular weight is 1080 g/mol. The first-order valence-corrected chi connectivity index (χ1v) is 24.0. The van der Waals surface area contributed by atoms with Crippen LogP contribution in [0.2, 0.25) is 0 Å². The van der Waals surface area contributed by atoms with Crippen molar-refractivity contribution in [3.8, 4) is 0 Å². The van der Waals surface area contributed by atoms with Gasteiger partial charge in [0.15, 0.2) is 31.5 Å². The van der Waals surface area contributed by atoms with Crippen LogP contribution < -0.4 is 5.73 Å². The summed E-state index contributed by atoms with van der Waals surface area (Å²) in [7, 11) is 0. The normalized spacial score (nSPS) is 27.2. The second-order valence-corrected chi connectivity index (χ2v) is 17.7. The van der Waals surface area contributed by atoms with Gasteiger partial charge in [0, 0.05) is 33.0 Å². The van der Waals surface area contributed by atoms with Crippen molar-refractivity contribution in [2.24, 2.45) is 5.73 Å². The number of nitrogens with two attached hydrogens (primary N) is 1. The number of ether oxygens (including phenoxy) is 6. The van der Waals surface area contributed by atoms with Crippen molar-refractivity contribution in [3.63, 3.8) is 0 Å². The fourth-order valence-corrected chi connectivity index (χ4v) is 7.65. The van der Waals surface area contributed by atoms with Gasteiger partial charge in [0.05, 0.1) is 43.2 Å². The zero-order valence-electron chi connectivity index (χ0n) is 40.2. The molecule has 31 heteroatoms. The zero-order chi connectivity index (χ0) is 55.7. The molecule has 0 bridgehead atoms. The Morgan fingerprint density at radius 2 is 0.699 bits per heavy atom. The minimum absolute atomic E-state index is 0.0507. The fourth-order valence-electron chi connectivity index (χ4n) is 7.65. The summed E-state index contributed by atoms with van der Waals surface area (Å²) in [4.78, 5) is 0.